The van der Waals surface area contributed by atoms with Crippen LogP contribution in [0, 0.1) is 5.82 Å². The highest BCUT2D eigenvalue weighted by Crippen LogP contribution is 2.13. The van der Waals surface area contributed by atoms with Crippen molar-refractivity contribution in [3.8, 4) is 0 Å². The number of halogens is 2. The Morgan fingerprint density at radius 3 is 2.78 bits per heavy atom. The van der Waals surface area contributed by atoms with Crippen molar-refractivity contribution in [1.29, 1.82) is 0 Å². The van der Waals surface area contributed by atoms with Crippen molar-refractivity contribution in [3.63, 3.8) is 0 Å². The van der Waals surface area contributed by atoms with Crippen LogP contribution in [-0.4, -0.2) is 20.7 Å². The monoisotopic (exact) mass is 332 g/mol. The fourth-order valence-electron chi connectivity index (χ4n) is 2.12. The first-order valence-electron chi connectivity index (χ1n) is 6.55. The number of fused-ring (bicyclic) bond motifs is 1. The van der Waals surface area contributed by atoms with Gasteiger partial charge in [-0.1, -0.05) is 11.6 Å². The number of carbonyl (C=O) groups excluding carboxylic acids is 1. The molecule has 0 unspecified atom stereocenters. The lowest BCUT2D eigenvalue weighted by atomic mass is 10.2. The molecule has 1 amide bonds. The van der Waals surface area contributed by atoms with Gasteiger partial charge in [0.05, 0.1) is 15.9 Å². The molecule has 3 aromatic rings. The van der Waals surface area contributed by atoms with Crippen LogP contribution in [0.5, 0.6) is 0 Å². The third kappa shape index (κ3) is 2.91. The first kappa shape index (κ1) is 15.1. The summed E-state index contributed by atoms with van der Waals surface area (Å²) in [6.07, 6.45) is 1.36. The Bertz CT molecular complexity index is 970. The number of pyridine rings is 1. The fraction of sp³-hybridized carbons (Fsp3) is 0.0667. The van der Waals surface area contributed by atoms with Crippen LogP contribution in [0.2, 0.25) is 5.02 Å². The van der Waals surface area contributed by atoms with Crippen molar-refractivity contribution in [2.75, 3.05) is 5.32 Å². The Kier molecular flexibility index (Phi) is 3.79. The molecule has 0 saturated heterocycles. The zero-order valence-corrected chi connectivity index (χ0v) is 12.6. The number of nitrogens with one attached hydrogen (secondary N) is 1. The summed E-state index contributed by atoms with van der Waals surface area (Å²) in [5.41, 5.74) is -0.566. The Balaban J connectivity index is 2.05. The minimum Gasteiger partial charge on any atom is -0.305 e. The molecule has 0 atom stereocenters. The normalized spacial score (nSPS) is 10.7. The first-order valence-corrected chi connectivity index (χ1v) is 6.93. The molecule has 6 nitrogen and oxygen atoms in total. The molecule has 23 heavy (non-hydrogen) atoms. The van der Waals surface area contributed by atoms with E-state index in [1.165, 1.54) is 29.1 Å². The molecule has 0 spiro atoms. The van der Waals surface area contributed by atoms with Crippen LogP contribution in [0.1, 0.15) is 10.5 Å². The van der Waals surface area contributed by atoms with E-state index < -0.39 is 17.2 Å². The molecule has 0 aliphatic rings. The summed E-state index contributed by atoms with van der Waals surface area (Å²) in [6, 6.07) is 6.77. The summed E-state index contributed by atoms with van der Waals surface area (Å²) in [5, 5.41) is 6.91. The van der Waals surface area contributed by atoms with Crippen LogP contribution in [0.15, 0.2) is 41.3 Å². The van der Waals surface area contributed by atoms with E-state index in [1.807, 2.05) is 0 Å². The van der Waals surface area contributed by atoms with E-state index in [1.54, 1.807) is 13.1 Å². The molecular weight excluding hydrogens is 323 g/mol. The Morgan fingerprint density at radius 1 is 1.30 bits per heavy atom. The zero-order chi connectivity index (χ0) is 16.6. The standard InChI is InChI=1S/C15H10ClFN4O2/c1-21-11-4-3-9(17)6-10(11)14(22)13(20-21)15(23)19-12-5-2-8(16)7-18-12/h2-7H,1H3,(H,18,19,23). The summed E-state index contributed by atoms with van der Waals surface area (Å²) in [5.74, 6) is -1.07. The molecule has 0 fully saturated rings. The average molecular weight is 333 g/mol. The van der Waals surface area contributed by atoms with E-state index >= 15 is 0 Å². The molecule has 2 aromatic heterocycles. The van der Waals surface area contributed by atoms with Gasteiger partial charge >= 0.3 is 0 Å². The number of aromatic nitrogens is 3. The maximum atomic E-state index is 13.4. The molecule has 1 N–H and O–H groups in total. The Morgan fingerprint density at radius 2 is 2.09 bits per heavy atom. The number of benzene rings is 1. The van der Waals surface area contributed by atoms with E-state index in [0.29, 0.717) is 10.5 Å². The molecule has 0 aliphatic carbocycles. The zero-order valence-electron chi connectivity index (χ0n) is 11.9. The highest BCUT2D eigenvalue weighted by molar-refractivity contribution is 6.30. The predicted molar refractivity (Wildman–Crippen MR) is 84.1 cm³/mol. The number of hydrogen-bond acceptors (Lipinski definition) is 4. The minimum atomic E-state index is -0.730. The van der Waals surface area contributed by atoms with E-state index in [0.717, 1.165) is 6.07 Å². The fourth-order valence-corrected chi connectivity index (χ4v) is 2.23. The van der Waals surface area contributed by atoms with Crippen LogP contribution in [0.4, 0.5) is 10.2 Å². The summed E-state index contributed by atoms with van der Waals surface area (Å²) < 4.78 is 14.7. The summed E-state index contributed by atoms with van der Waals surface area (Å²) in [7, 11) is 1.57. The molecule has 0 aliphatic heterocycles. The number of anilines is 1. The van der Waals surface area contributed by atoms with Crippen molar-refractivity contribution < 1.29 is 9.18 Å². The predicted octanol–water partition coefficient (Wildman–Crippen LogP) is 2.37. The summed E-state index contributed by atoms with van der Waals surface area (Å²) in [6.45, 7) is 0. The van der Waals surface area contributed by atoms with Crippen molar-refractivity contribution in [2.24, 2.45) is 7.05 Å². The van der Waals surface area contributed by atoms with E-state index in [2.05, 4.69) is 15.4 Å². The second kappa shape index (κ2) is 5.77. The van der Waals surface area contributed by atoms with Crippen LogP contribution >= 0.6 is 11.6 Å². The van der Waals surface area contributed by atoms with Gasteiger partial charge in [-0.2, -0.15) is 5.10 Å². The van der Waals surface area contributed by atoms with Gasteiger partial charge in [-0.25, -0.2) is 9.37 Å². The molecule has 0 radical (unpaired) electrons. The van der Waals surface area contributed by atoms with Gasteiger partial charge in [-0.15, -0.1) is 0 Å². The molecule has 2 heterocycles. The minimum absolute atomic E-state index is 0.0803. The number of carbonyl (C=O) groups is 1. The Hall–Kier alpha value is -2.80. The number of nitrogens with zero attached hydrogens (tertiary/aromatic N) is 3. The van der Waals surface area contributed by atoms with Crippen molar-refractivity contribution >= 4 is 34.2 Å². The first-order chi connectivity index (χ1) is 11.0. The summed E-state index contributed by atoms with van der Waals surface area (Å²) >= 11 is 5.71. The smallest absolute Gasteiger partial charge is 0.281 e. The van der Waals surface area contributed by atoms with Crippen molar-refractivity contribution in [1.82, 2.24) is 14.8 Å². The number of hydrogen-bond donors (Lipinski definition) is 1. The molecular formula is C15H10ClFN4O2. The SMILES string of the molecule is Cn1nc(C(=O)Nc2ccc(Cl)cn2)c(=O)c2cc(F)ccc21. The lowest BCUT2D eigenvalue weighted by molar-refractivity contribution is 0.101. The van der Waals surface area contributed by atoms with Crippen LogP contribution in [-0.2, 0) is 7.05 Å². The molecule has 8 heteroatoms. The molecule has 116 valence electrons. The van der Waals surface area contributed by atoms with Gasteiger partial charge in [0, 0.05) is 13.2 Å². The van der Waals surface area contributed by atoms with Gasteiger partial charge in [0.2, 0.25) is 5.43 Å². The van der Waals surface area contributed by atoms with Crippen LogP contribution < -0.4 is 10.7 Å². The van der Waals surface area contributed by atoms with Crippen molar-refractivity contribution in [2.45, 2.75) is 0 Å². The molecule has 0 saturated carbocycles. The lowest BCUT2D eigenvalue weighted by Crippen LogP contribution is -2.26. The second-order valence-electron chi connectivity index (χ2n) is 4.78. The maximum Gasteiger partial charge on any atom is 0.281 e. The van der Waals surface area contributed by atoms with Gasteiger partial charge in [0.15, 0.2) is 5.69 Å². The van der Waals surface area contributed by atoms with Gasteiger partial charge in [0.1, 0.15) is 11.6 Å². The van der Waals surface area contributed by atoms with Gasteiger partial charge < -0.3 is 5.32 Å². The third-order valence-electron chi connectivity index (χ3n) is 3.20. The van der Waals surface area contributed by atoms with E-state index in [9.17, 15) is 14.0 Å². The van der Waals surface area contributed by atoms with E-state index in [4.69, 9.17) is 11.6 Å². The number of aryl methyl sites for hydroxylation is 1. The lowest BCUT2D eigenvalue weighted by Gasteiger charge is -2.08. The highest BCUT2D eigenvalue weighted by Gasteiger charge is 2.17. The van der Waals surface area contributed by atoms with E-state index in [-0.39, 0.29) is 16.9 Å². The third-order valence-corrected chi connectivity index (χ3v) is 3.42. The Labute approximate surface area is 134 Å². The molecule has 3 rings (SSSR count). The summed E-state index contributed by atoms with van der Waals surface area (Å²) in [4.78, 5) is 28.5. The largest absolute Gasteiger partial charge is 0.305 e. The average Bonchev–Trinajstić information content (AvgIpc) is 2.53. The number of amides is 1. The van der Waals surface area contributed by atoms with Gasteiger partial charge in [0.25, 0.3) is 5.91 Å². The quantitative estimate of drug-likeness (QED) is 0.781. The van der Waals surface area contributed by atoms with Crippen LogP contribution in [0.3, 0.4) is 0 Å². The van der Waals surface area contributed by atoms with Crippen molar-refractivity contribution in [3.05, 3.63) is 63.3 Å². The van der Waals surface area contributed by atoms with Gasteiger partial charge in [-0.3, -0.25) is 14.3 Å². The molecule has 0 bridgehead atoms. The highest BCUT2D eigenvalue weighted by atomic mass is 35.5. The molecule has 1 aromatic carbocycles. The van der Waals surface area contributed by atoms with Gasteiger partial charge in [-0.05, 0) is 30.3 Å². The maximum absolute atomic E-state index is 13.4. The second-order valence-corrected chi connectivity index (χ2v) is 5.22. The topological polar surface area (TPSA) is 76.9 Å². The number of rotatable bonds is 2. The van der Waals surface area contributed by atoms with Crippen LogP contribution in [0.25, 0.3) is 10.9 Å².